The van der Waals surface area contributed by atoms with Crippen LogP contribution in [0.2, 0.25) is 0 Å². The van der Waals surface area contributed by atoms with Crippen LogP contribution in [-0.2, 0) is 0 Å². The Balaban J connectivity index is 1.97. The predicted molar refractivity (Wildman–Crippen MR) is 65.2 cm³/mol. The van der Waals surface area contributed by atoms with Gasteiger partial charge in [0.25, 0.3) is 0 Å². The highest BCUT2D eigenvalue weighted by Crippen LogP contribution is 2.37. The van der Waals surface area contributed by atoms with E-state index in [1.54, 1.807) is 0 Å². The minimum absolute atomic E-state index is 0.0847. The van der Waals surface area contributed by atoms with Gasteiger partial charge in [-0.25, -0.2) is 0 Å². The van der Waals surface area contributed by atoms with Crippen LogP contribution in [-0.4, -0.2) is 0 Å². The summed E-state index contributed by atoms with van der Waals surface area (Å²) in [4.78, 5) is 0. The molecule has 0 amide bonds. The van der Waals surface area contributed by atoms with Crippen LogP contribution in [0.3, 0.4) is 0 Å². The molecule has 16 heavy (non-hydrogen) atoms. The topological polar surface area (TPSA) is 39.2 Å². The number of hydrogen-bond acceptors (Lipinski definition) is 2. The first-order valence-electron chi connectivity index (χ1n) is 6.00. The summed E-state index contributed by atoms with van der Waals surface area (Å²) in [7, 11) is 0. The second kappa shape index (κ2) is 3.63. The highest BCUT2D eigenvalue weighted by Gasteiger charge is 2.27. The number of fused-ring (bicyclic) bond motifs is 1. The molecule has 1 saturated carbocycles. The van der Waals surface area contributed by atoms with E-state index in [4.69, 9.17) is 10.2 Å². The van der Waals surface area contributed by atoms with Crippen molar-refractivity contribution < 1.29 is 4.42 Å². The smallest absolute Gasteiger partial charge is 0.134 e. The first-order valence-corrected chi connectivity index (χ1v) is 6.00. The van der Waals surface area contributed by atoms with Gasteiger partial charge in [-0.15, -0.1) is 0 Å². The van der Waals surface area contributed by atoms with Crippen molar-refractivity contribution in [1.29, 1.82) is 0 Å². The number of furan rings is 1. The van der Waals surface area contributed by atoms with Crippen molar-refractivity contribution >= 4 is 11.0 Å². The average Bonchev–Trinajstić information content (AvgIpc) is 2.57. The van der Waals surface area contributed by atoms with Gasteiger partial charge in [-0.2, -0.15) is 0 Å². The molecule has 0 saturated heterocycles. The normalized spacial score (nSPS) is 18.6. The molecule has 2 heteroatoms. The molecule has 1 heterocycles. The van der Waals surface area contributed by atoms with Gasteiger partial charge in [-0.05, 0) is 43.9 Å². The third kappa shape index (κ3) is 1.54. The zero-order valence-corrected chi connectivity index (χ0v) is 9.57. The van der Waals surface area contributed by atoms with Crippen molar-refractivity contribution in [3.05, 3.63) is 35.6 Å². The lowest BCUT2D eigenvalue weighted by atomic mass is 9.79. The maximum Gasteiger partial charge on any atom is 0.134 e. The molecule has 0 radical (unpaired) electrons. The first-order chi connectivity index (χ1) is 7.74. The molecule has 1 aromatic heterocycles. The molecule has 0 aliphatic heterocycles. The molecule has 1 fully saturated rings. The first kappa shape index (κ1) is 9.91. The van der Waals surface area contributed by atoms with E-state index in [0.29, 0.717) is 5.92 Å². The van der Waals surface area contributed by atoms with Crippen molar-refractivity contribution in [3.8, 4) is 0 Å². The molecule has 2 N–H and O–H groups in total. The Morgan fingerprint density at radius 2 is 2.12 bits per heavy atom. The third-order valence-corrected chi connectivity index (χ3v) is 3.68. The fourth-order valence-electron chi connectivity index (χ4n) is 2.38. The lowest BCUT2D eigenvalue weighted by Crippen LogP contribution is -2.26. The molecule has 84 valence electrons. The van der Waals surface area contributed by atoms with Gasteiger partial charge in [0.1, 0.15) is 11.3 Å². The summed E-state index contributed by atoms with van der Waals surface area (Å²) in [6.07, 6.45) is 3.81. The maximum atomic E-state index is 6.21. The zero-order valence-electron chi connectivity index (χ0n) is 9.57. The number of benzene rings is 1. The molecule has 3 rings (SSSR count). The Hall–Kier alpha value is -1.28. The summed E-state index contributed by atoms with van der Waals surface area (Å²) < 4.78 is 5.82. The summed E-state index contributed by atoms with van der Waals surface area (Å²) in [6.45, 7) is 2.10. The molecular weight excluding hydrogens is 198 g/mol. The minimum Gasteiger partial charge on any atom is -0.459 e. The Kier molecular flexibility index (Phi) is 2.25. The molecule has 0 bridgehead atoms. The van der Waals surface area contributed by atoms with Gasteiger partial charge in [-0.1, -0.05) is 18.1 Å². The molecule has 1 aliphatic carbocycles. The van der Waals surface area contributed by atoms with Crippen LogP contribution in [0.15, 0.2) is 28.7 Å². The van der Waals surface area contributed by atoms with E-state index < -0.39 is 0 Å². The highest BCUT2D eigenvalue weighted by atomic mass is 16.3. The number of rotatable bonds is 2. The lowest BCUT2D eigenvalue weighted by molar-refractivity contribution is 0.244. The summed E-state index contributed by atoms with van der Waals surface area (Å²) >= 11 is 0. The molecule has 0 spiro atoms. The largest absolute Gasteiger partial charge is 0.459 e. The summed E-state index contributed by atoms with van der Waals surface area (Å²) in [5.74, 6) is 1.58. The van der Waals surface area contributed by atoms with Crippen molar-refractivity contribution in [2.45, 2.75) is 32.2 Å². The maximum absolute atomic E-state index is 6.21. The Morgan fingerprint density at radius 1 is 1.31 bits per heavy atom. The van der Waals surface area contributed by atoms with Crippen LogP contribution in [0, 0.1) is 12.8 Å². The third-order valence-electron chi connectivity index (χ3n) is 3.68. The summed E-state index contributed by atoms with van der Waals surface area (Å²) in [5, 5.41) is 1.17. The van der Waals surface area contributed by atoms with Gasteiger partial charge in [0, 0.05) is 5.39 Å². The average molecular weight is 215 g/mol. The quantitative estimate of drug-likeness (QED) is 0.832. The summed E-state index contributed by atoms with van der Waals surface area (Å²) in [5.41, 5.74) is 8.42. The van der Waals surface area contributed by atoms with E-state index in [0.717, 1.165) is 11.3 Å². The molecule has 2 nitrogen and oxygen atoms in total. The van der Waals surface area contributed by atoms with Gasteiger partial charge in [0.2, 0.25) is 0 Å². The van der Waals surface area contributed by atoms with E-state index in [9.17, 15) is 0 Å². The van der Waals surface area contributed by atoms with E-state index in [1.165, 1.54) is 30.2 Å². The number of aryl methyl sites for hydroxylation is 1. The van der Waals surface area contributed by atoms with Gasteiger partial charge >= 0.3 is 0 Å². The van der Waals surface area contributed by atoms with E-state index in [-0.39, 0.29) is 6.04 Å². The van der Waals surface area contributed by atoms with E-state index >= 15 is 0 Å². The van der Waals surface area contributed by atoms with Crippen LogP contribution in [0.5, 0.6) is 0 Å². The number of hydrogen-bond donors (Lipinski definition) is 1. The highest BCUT2D eigenvalue weighted by molar-refractivity contribution is 5.78. The van der Waals surface area contributed by atoms with Crippen LogP contribution in [0.1, 0.15) is 36.6 Å². The van der Waals surface area contributed by atoms with E-state index in [2.05, 4.69) is 25.1 Å². The molecule has 1 atom stereocenters. The van der Waals surface area contributed by atoms with E-state index in [1.807, 2.05) is 6.07 Å². The fraction of sp³-hybridized carbons (Fsp3) is 0.429. The fourth-order valence-corrected chi connectivity index (χ4v) is 2.38. The van der Waals surface area contributed by atoms with Crippen LogP contribution < -0.4 is 5.73 Å². The van der Waals surface area contributed by atoms with Gasteiger partial charge < -0.3 is 10.2 Å². The van der Waals surface area contributed by atoms with Gasteiger partial charge in [0.05, 0.1) is 6.04 Å². The van der Waals surface area contributed by atoms with Gasteiger partial charge in [0.15, 0.2) is 0 Å². The monoisotopic (exact) mass is 215 g/mol. The summed E-state index contributed by atoms with van der Waals surface area (Å²) in [6, 6.07) is 8.44. The second-order valence-corrected chi connectivity index (χ2v) is 4.91. The van der Waals surface area contributed by atoms with Crippen LogP contribution in [0.25, 0.3) is 11.0 Å². The molecule has 2 aromatic rings. The van der Waals surface area contributed by atoms with Crippen molar-refractivity contribution in [2.24, 2.45) is 11.7 Å². The Morgan fingerprint density at radius 3 is 2.81 bits per heavy atom. The van der Waals surface area contributed by atoms with Crippen molar-refractivity contribution in [3.63, 3.8) is 0 Å². The van der Waals surface area contributed by atoms with Crippen molar-refractivity contribution in [1.82, 2.24) is 0 Å². The predicted octanol–water partition coefficient (Wildman–Crippen LogP) is 3.54. The number of nitrogens with two attached hydrogens (primary N) is 1. The SMILES string of the molecule is Cc1ccc2oc(C(N)C3CCC3)cc2c1. The Bertz CT molecular complexity index is 510. The minimum atomic E-state index is 0.0847. The van der Waals surface area contributed by atoms with Crippen LogP contribution >= 0.6 is 0 Å². The standard InChI is InChI=1S/C14H17NO/c1-9-5-6-12-11(7-9)8-13(16-12)14(15)10-3-2-4-10/h5-8,10,14H,2-4,15H2,1H3. The van der Waals surface area contributed by atoms with Gasteiger partial charge in [-0.3, -0.25) is 0 Å². The Labute approximate surface area is 95.4 Å². The molecule has 1 unspecified atom stereocenters. The molecular formula is C14H17NO. The van der Waals surface area contributed by atoms with Crippen LogP contribution in [0.4, 0.5) is 0 Å². The van der Waals surface area contributed by atoms with Crippen molar-refractivity contribution in [2.75, 3.05) is 0 Å². The molecule has 1 aromatic carbocycles. The molecule has 1 aliphatic rings. The zero-order chi connectivity index (χ0) is 11.1. The lowest BCUT2D eigenvalue weighted by Gasteiger charge is -2.29. The second-order valence-electron chi connectivity index (χ2n) is 4.91.